The molecule has 1 aliphatic heterocycles. The second kappa shape index (κ2) is 3.00. The van der Waals surface area contributed by atoms with Gasteiger partial charge < -0.3 is 5.32 Å². The second-order valence-electron chi connectivity index (χ2n) is 2.87. The molecule has 2 N–H and O–H groups in total. The predicted molar refractivity (Wildman–Crippen MR) is 41.0 cm³/mol. The third kappa shape index (κ3) is 1.40. The maximum atomic E-state index is 4.11. The van der Waals surface area contributed by atoms with Crippen LogP contribution in [0.3, 0.4) is 0 Å². The smallest absolute Gasteiger partial charge is 0.141 e. The molecule has 11 heavy (non-hydrogen) atoms. The summed E-state index contributed by atoms with van der Waals surface area (Å²) in [4.78, 5) is 4.11. The zero-order valence-corrected chi connectivity index (χ0v) is 6.38. The Bertz CT molecular complexity index is 200. The average molecular weight is 152 g/mol. The molecule has 0 aromatic carbocycles. The number of aromatic nitrogens is 3. The van der Waals surface area contributed by atoms with Crippen molar-refractivity contribution < 1.29 is 0 Å². The lowest BCUT2D eigenvalue weighted by molar-refractivity contribution is 0.398. The Morgan fingerprint density at radius 2 is 2.45 bits per heavy atom. The SMILES string of the molecule is c1n[nH]c(C2CCCCN2)n1. The van der Waals surface area contributed by atoms with Crippen molar-refractivity contribution in [3.8, 4) is 0 Å². The molecule has 60 valence electrons. The first-order chi connectivity index (χ1) is 5.47. The Kier molecular flexibility index (Phi) is 1.85. The molecular weight excluding hydrogens is 140 g/mol. The summed E-state index contributed by atoms with van der Waals surface area (Å²) in [5, 5.41) is 10.1. The summed E-state index contributed by atoms with van der Waals surface area (Å²) in [5.74, 6) is 0.977. The van der Waals surface area contributed by atoms with E-state index in [1.807, 2.05) is 0 Å². The normalized spacial score (nSPS) is 25.3. The van der Waals surface area contributed by atoms with Crippen LogP contribution in [0.1, 0.15) is 31.1 Å². The number of aromatic amines is 1. The first-order valence-electron chi connectivity index (χ1n) is 4.05. The average Bonchev–Trinajstić information content (AvgIpc) is 2.58. The molecule has 1 saturated heterocycles. The highest BCUT2D eigenvalue weighted by Crippen LogP contribution is 2.18. The molecule has 2 rings (SSSR count). The number of piperidine rings is 1. The summed E-state index contributed by atoms with van der Waals surface area (Å²) in [6, 6.07) is 0.409. The van der Waals surface area contributed by atoms with E-state index in [0.717, 1.165) is 12.4 Å². The van der Waals surface area contributed by atoms with Crippen LogP contribution in [-0.4, -0.2) is 21.7 Å². The fourth-order valence-electron chi connectivity index (χ4n) is 1.47. The minimum absolute atomic E-state index is 0.409. The minimum atomic E-state index is 0.409. The summed E-state index contributed by atoms with van der Waals surface area (Å²) in [5.41, 5.74) is 0. The van der Waals surface area contributed by atoms with Crippen molar-refractivity contribution in [2.75, 3.05) is 6.54 Å². The van der Waals surface area contributed by atoms with E-state index in [4.69, 9.17) is 0 Å². The number of hydrogen-bond donors (Lipinski definition) is 2. The van der Waals surface area contributed by atoms with Gasteiger partial charge in [0.05, 0.1) is 6.04 Å². The fourth-order valence-corrected chi connectivity index (χ4v) is 1.47. The van der Waals surface area contributed by atoms with Gasteiger partial charge in [-0.2, -0.15) is 5.10 Å². The molecule has 4 heteroatoms. The lowest BCUT2D eigenvalue weighted by Crippen LogP contribution is -2.27. The largest absolute Gasteiger partial charge is 0.307 e. The van der Waals surface area contributed by atoms with E-state index in [-0.39, 0.29) is 0 Å². The number of hydrogen-bond acceptors (Lipinski definition) is 3. The Balaban J connectivity index is 2.04. The van der Waals surface area contributed by atoms with Crippen LogP contribution in [0.4, 0.5) is 0 Å². The molecule has 1 atom stereocenters. The monoisotopic (exact) mass is 152 g/mol. The van der Waals surface area contributed by atoms with Gasteiger partial charge in [0.15, 0.2) is 0 Å². The van der Waals surface area contributed by atoms with Crippen molar-refractivity contribution in [1.29, 1.82) is 0 Å². The maximum Gasteiger partial charge on any atom is 0.141 e. The van der Waals surface area contributed by atoms with E-state index in [2.05, 4.69) is 20.5 Å². The summed E-state index contributed by atoms with van der Waals surface area (Å²) >= 11 is 0. The van der Waals surface area contributed by atoms with Crippen LogP contribution in [0, 0.1) is 0 Å². The van der Waals surface area contributed by atoms with E-state index in [0.29, 0.717) is 6.04 Å². The van der Waals surface area contributed by atoms with Crippen molar-refractivity contribution in [1.82, 2.24) is 20.5 Å². The Morgan fingerprint density at radius 3 is 3.09 bits per heavy atom. The highest BCUT2D eigenvalue weighted by atomic mass is 15.2. The zero-order chi connectivity index (χ0) is 7.52. The standard InChI is InChI=1S/C7H12N4/c1-2-4-8-6(3-1)7-9-5-10-11-7/h5-6,8H,1-4H2,(H,9,10,11). The topological polar surface area (TPSA) is 53.6 Å². The molecule has 1 unspecified atom stereocenters. The Hall–Kier alpha value is -0.900. The molecule has 0 saturated carbocycles. The molecule has 0 bridgehead atoms. The molecule has 1 aromatic rings. The van der Waals surface area contributed by atoms with Gasteiger partial charge in [0.1, 0.15) is 12.2 Å². The number of nitrogens with one attached hydrogen (secondary N) is 2. The second-order valence-corrected chi connectivity index (χ2v) is 2.87. The van der Waals surface area contributed by atoms with Crippen molar-refractivity contribution in [3.63, 3.8) is 0 Å². The highest BCUT2D eigenvalue weighted by molar-refractivity contribution is 4.92. The minimum Gasteiger partial charge on any atom is -0.307 e. The van der Waals surface area contributed by atoms with Gasteiger partial charge in [-0.1, -0.05) is 6.42 Å². The lowest BCUT2D eigenvalue weighted by Gasteiger charge is -2.20. The van der Waals surface area contributed by atoms with E-state index >= 15 is 0 Å². The first-order valence-corrected chi connectivity index (χ1v) is 4.05. The molecule has 4 nitrogen and oxygen atoms in total. The van der Waals surface area contributed by atoms with Gasteiger partial charge in [0.2, 0.25) is 0 Å². The van der Waals surface area contributed by atoms with Gasteiger partial charge in [-0.3, -0.25) is 5.10 Å². The summed E-state index contributed by atoms with van der Waals surface area (Å²) < 4.78 is 0. The van der Waals surface area contributed by atoms with E-state index in [9.17, 15) is 0 Å². The summed E-state index contributed by atoms with van der Waals surface area (Å²) in [6.07, 6.45) is 5.31. The molecule has 0 amide bonds. The van der Waals surface area contributed by atoms with E-state index in [1.165, 1.54) is 19.3 Å². The van der Waals surface area contributed by atoms with Crippen LogP contribution in [-0.2, 0) is 0 Å². The van der Waals surface area contributed by atoms with Gasteiger partial charge >= 0.3 is 0 Å². The summed E-state index contributed by atoms with van der Waals surface area (Å²) in [6.45, 7) is 1.10. The van der Waals surface area contributed by atoms with Crippen LogP contribution in [0.15, 0.2) is 6.33 Å². The van der Waals surface area contributed by atoms with Crippen LogP contribution < -0.4 is 5.32 Å². The Morgan fingerprint density at radius 1 is 1.45 bits per heavy atom. The van der Waals surface area contributed by atoms with Crippen molar-refractivity contribution in [3.05, 3.63) is 12.2 Å². The van der Waals surface area contributed by atoms with Gasteiger partial charge in [0, 0.05) is 0 Å². The fraction of sp³-hybridized carbons (Fsp3) is 0.714. The highest BCUT2D eigenvalue weighted by Gasteiger charge is 2.16. The zero-order valence-electron chi connectivity index (χ0n) is 6.38. The first kappa shape index (κ1) is 6.79. The third-order valence-electron chi connectivity index (χ3n) is 2.07. The van der Waals surface area contributed by atoms with Crippen molar-refractivity contribution >= 4 is 0 Å². The van der Waals surface area contributed by atoms with Crippen molar-refractivity contribution in [2.24, 2.45) is 0 Å². The molecule has 2 heterocycles. The predicted octanol–water partition coefficient (Wildman–Crippen LogP) is 0.619. The van der Waals surface area contributed by atoms with Crippen LogP contribution in [0.5, 0.6) is 0 Å². The molecular formula is C7H12N4. The van der Waals surface area contributed by atoms with Gasteiger partial charge in [0.25, 0.3) is 0 Å². The van der Waals surface area contributed by atoms with Crippen LogP contribution in [0.2, 0.25) is 0 Å². The van der Waals surface area contributed by atoms with Crippen LogP contribution in [0.25, 0.3) is 0 Å². The van der Waals surface area contributed by atoms with Gasteiger partial charge in [-0.25, -0.2) is 4.98 Å². The quantitative estimate of drug-likeness (QED) is 0.620. The molecule has 1 aromatic heterocycles. The van der Waals surface area contributed by atoms with Crippen molar-refractivity contribution in [2.45, 2.75) is 25.3 Å². The number of rotatable bonds is 1. The van der Waals surface area contributed by atoms with Crippen LogP contribution >= 0.6 is 0 Å². The van der Waals surface area contributed by atoms with E-state index < -0.39 is 0 Å². The summed E-state index contributed by atoms with van der Waals surface area (Å²) in [7, 11) is 0. The third-order valence-corrected chi connectivity index (χ3v) is 2.07. The van der Waals surface area contributed by atoms with Gasteiger partial charge in [-0.15, -0.1) is 0 Å². The van der Waals surface area contributed by atoms with Gasteiger partial charge in [-0.05, 0) is 19.4 Å². The molecule has 0 spiro atoms. The molecule has 1 fully saturated rings. The molecule has 0 aliphatic carbocycles. The number of nitrogens with zero attached hydrogens (tertiary/aromatic N) is 2. The lowest BCUT2D eigenvalue weighted by atomic mass is 10.1. The Labute approximate surface area is 65.4 Å². The molecule has 1 aliphatic rings. The molecule has 0 radical (unpaired) electrons. The maximum absolute atomic E-state index is 4.11. The van der Waals surface area contributed by atoms with E-state index in [1.54, 1.807) is 6.33 Å². The number of H-pyrrole nitrogens is 1.